The van der Waals surface area contributed by atoms with Gasteiger partial charge in [0.15, 0.2) is 0 Å². The summed E-state index contributed by atoms with van der Waals surface area (Å²) in [5.74, 6) is -1.60. The molecule has 0 aliphatic carbocycles. The third-order valence-corrected chi connectivity index (χ3v) is 3.28. The van der Waals surface area contributed by atoms with E-state index in [1.165, 1.54) is 0 Å². The molecule has 0 atom stereocenters. The maximum Gasteiger partial charge on any atom is 0.324 e. The molecule has 0 saturated carbocycles. The first-order valence-corrected chi connectivity index (χ1v) is 7.47. The zero-order valence-electron chi connectivity index (χ0n) is 13.2. The Morgan fingerprint density at radius 2 is 1.57 bits per heavy atom. The highest BCUT2D eigenvalue weighted by Gasteiger charge is 2.15. The van der Waals surface area contributed by atoms with Crippen LogP contribution < -0.4 is 5.32 Å². The van der Waals surface area contributed by atoms with E-state index in [9.17, 15) is 14.4 Å². The van der Waals surface area contributed by atoms with E-state index in [0.717, 1.165) is 26.1 Å². The molecule has 0 spiro atoms. The second-order valence-electron chi connectivity index (χ2n) is 4.71. The summed E-state index contributed by atoms with van der Waals surface area (Å²) in [7, 11) is 0. The molecule has 3 amide bonds. The fraction of sp³-hybridized carbons (Fsp3) is 0.786. The Hall–Kier alpha value is -1.63. The number of nitrogens with one attached hydrogen (secondary N) is 1. The molecule has 0 aromatic carbocycles. The number of hydrogen-bond donors (Lipinski definition) is 2. The molecule has 0 heterocycles. The van der Waals surface area contributed by atoms with Gasteiger partial charge < -0.3 is 14.9 Å². The molecule has 0 aromatic rings. The Kier molecular flexibility index (Phi) is 10.2. The molecule has 0 saturated heterocycles. The Bertz CT molecular complexity index is 343. The topological polar surface area (TPSA) is 90.0 Å². The van der Waals surface area contributed by atoms with E-state index in [1.807, 2.05) is 6.92 Å². The van der Waals surface area contributed by atoms with Gasteiger partial charge in [-0.15, -0.1) is 0 Å². The molecule has 2 N–H and O–H groups in total. The fourth-order valence-corrected chi connectivity index (χ4v) is 1.91. The van der Waals surface area contributed by atoms with Crippen molar-refractivity contribution in [3.63, 3.8) is 0 Å². The van der Waals surface area contributed by atoms with Gasteiger partial charge in [-0.2, -0.15) is 0 Å². The van der Waals surface area contributed by atoms with Crippen LogP contribution >= 0.6 is 0 Å². The number of carbonyl (C=O) groups excluding carboxylic acids is 2. The zero-order chi connectivity index (χ0) is 16.3. The molecule has 0 fully saturated rings. The Morgan fingerprint density at radius 1 is 0.952 bits per heavy atom. The first-order valence-electron chi connectivity index (χ1n) is 7.47. The van der Waals surface area contributed by atoms with E-state index < -0.39 is 17.9 Å². The van der Waals surface area contributed by atoms with Crippen LogP contribution in [0.5, 0.6) is 0 Å². The summed E-state index contributed by atoms with van der Waals surface area (Å²) in [6.07, 6.45) is 0.386. The van der Waals surface area contributed by atoms with Gasteiger partial charge >= 0.3 is 12.0 Å². The summed E-state index contributed by atoms with van der Waals surface area (Å²) in [6, 6.07) is -0.451. The van der Waals surface area contributed by atoms with E-state index in [1.54, 1.807) is 4.90 Å². The van der Waals surface area contributed by atoms with Gasteiger partial charge in [0, 0.05) is 19.5 Å². The summed E-state index contributed by atoms with van der Waals surface area (Å²) in [4.78, 5) is 37.5. The van der Waals surface area contributed by atoms with Gasteiger partial charge in [-0.1, -0.05) is 13.8 Å². The summed E-state index contributed by atoms with van der Waals surface area (Å²) in [5, 5.41) is 10.7. The Balaban J connectivity index is 4.11. The largest absolute Gasteiger partial charge is 0.481 e. The average molecular weight is 301 g/mol. The third kappa shape index (κ3) is 9.01. The number of urea groups is 1. The number of nitrogens with zero attached hydrogens (tertiary/aromatic N) is 2. The standard InChI is InChI=1S/C14H27N3O4/c1-4-16(5-2)10-7-11-17(6-3)14(21)15-12(18)8-9-13(19)20/h4-11H2,1-3H3,(H,19,20)(H,15,18,21). The van der Waals surface area contributed by atoms with Gasteiger partial charge in [0.1, 0.15) is 0 Å². The molecular formula is C14H27N3O4. The van der Waals surface area contributed by atoms with Gasteiger partial charge in [0.2, 0.25) is 5.91 Å². The fourth-order valence-electron chi connectivity index (χ4n) is 1.91. The highest BCUT2D eigenvalue weighted by atomic mass is 16.4. The molecule has 0 rings (SSSR count). The van der Waals surface area contributed by atoms with Gasteiger partial charge in [-0.05, 0) is 33.0 Å². The molecule has 0 bridgehead atoms. The lowest BCUT2D eigenvalue weighted by Crippen LogP contribution is -2.43. The highest BCUT2D eigenvalue weighted by molar-refractivity contribution is 5.95. The van der Waals surface area contributed by atoms with Crippen molar-refractivity contribution in [3.05, 3.63) is 0 Å². The minimum Gasteiger partial charge on any atom is -0.481 e. The van der Waals surface area contributed by atoms with Crippen molar-refractivity contribution in [2.24, 2.45) is 0 Å². The lowest BCUT2D eigenvalue weighted by Gasteiger charge is -2.23. The van der Waals surface area contributed by atoms with Crippen molar-refractivity contribution in [1.82, 2.24) is 15.1 Å². The van der Waals surface area contributed by atoms with Crippen LogP contribution in [0.4, 0.5) is 4.79 Å². The molecule has 122 valence electrons. The number of hydrogen-bond acceptors (Lipinski definition) is 4. The van der Waals surface area contributed by atoms with Gasteiger partial charge in [0.05, 0.1) is 6.42 Å². The first-order chi connectivity index (χ1) is 9.94. The SMILES string of the molecule is CCN(CC)CCCN(CC)C(=O)NC(=O)CCC(=O)O. The summed E-state index contributed by atoms with van der Waals surface area (Å²) in [6.45, 7) is 9.97. The van der Waals surface area contributed by atoms with Crippen LogP contribution in [0.25, 0.3) is 0 Å². The van der Waals surface area contributed by atoms with Crippen molar-refractivity contribution in [2.45, 2.75) is 40.0 Å². The van der Waals surface area contributed by atoms with Crippen molar-refractivity contribution < 1.29 is 19.5 Å². The molecule has 0 radical (unpaired) electrons. The van der Waals surface area contributed by atoms with E-state index >= 15 is 0 Å². The Morgan fingerprint density at radius 3 is 2.05 bits per heavy atom. The van der Waals surface area contributed by atoms with Crippen molar-refractivity contribution in [2.75, 3.05) is 32.7 Å². The van der Waals surface area contributed by atoms with Crippen molar-refractivity contribution >= 4 is 17.9 Å². The lowest BCUT2D eigenvalue weighted by molar-refractivity contribution is -0.138. The predicted molar refractivity (Wildman–Crippen MR) is 80.1 cm³/mol. The van der Waals surface area contributed by atoms with Crippen LogP contribution in [0.2, 0.25) is 0 Å². The van der Waals surface area contributed by atoms with Crippen LogP contribution in [0.1, 0.15) is 40.0 Å². The van der Waals surface area contributed by atoms with Crippen LogP contribution in [0.15, 0.2) is 0 Å². The molecule has 0 aromatic heterocycles. The summed E-state index contributed by atoms with van der Waals surface area (Å²) >= 11 is 0. The second kappa shape index (κ2) is 11.1. The van der Waals surface area contributed by atoms with Crippen molar-refractivity contribution in [3.8, 4) is 0 Å². The third-order valence-electron chi connectivity index (χ3n) is 3.28. The predicted octanol–water partition coefficient (Wildman–Crippen LogP) is 1.14. The lowest BCUT2D eigenvalue weighted by atomic mass is 10.3. The number of carboxylic acid groups (broad SMARTS) is 1. The second-order valence-corrected chi connectivity index (χ2v) is 4.71. The summed E-state index contributed by atoms with van der Waals surface area (Å²) < 4.78 is 0. The normalized spacial score (nSPS) is 10.5. The molecule has 7 nitrogen and oxygen atoms in total. The van der Waals surface area contributed by atoms with E-state index in [2.05, 4.69) is 24.1 Å². The van der Waals surface area contributed by atoms with E-state index in [0.29, 0.717) is 13.1 Å². The minimum atomic E-state index is -1.05. The number of amides is 3. The Labute approximate surface area is 126 Å². The quantitative estimate of drug-likeness (QED) is 0.631. The monoisotopic (exact) mass is 301 g/mol. The molecule has 0 aliphatic rings. The van der Waals surface area contributed by atoms with E-state index in [-0.39, 0.29) is 12.8 Å². The van der Waals surface area contributed by atoms with Crippen LogP contribution in [0.3, 0.4) is 0 Å². The molecule has 21 heavy (non-hydrogen) atoms. The van der Waals surface area contributed by atoms with Crippen LogP contribution in [-0.4, -0.2) is 65.5 Å². The molecule has 0 unspecified atom stereocenters. The zero-order valence-corrected chi connectivity index (χ0v) is 13.2. The number of carboxylic acids is 1. The van der Waals surface area contributed by atoms with E-state index in [4.69, 9.17) is 5.11 Å². The van der Waals surface area contributed by atoms with Crippen LogP contribution in [0, 0.1) is 0 Å². The molecule has 7 heteroatoms. The highest BCUT2D eigenvalue weighted by Crippen LogP contribution is 1.97. The smallest absolute Gasteiger partial charge is 0.324 e. The maximum atomic E-state index is 11.9. The van der Waals surface area contributed by atoms with Crippen LogP contribution in [-0.2, 0) is 9.59 Å². The van der Waals surface area contributed by atoms with Gasteiger partial charge in [0.25, 0.3) is 0 Å². The average Bonchev–Trinajstić information content (AvgIpc) is 2.45. The number of rotatable bonds is 10. The first kappa shape index (κ1) is 19.4. The number of imide groups is 1. The molecule has 0 aliphatic heterocycles. The van der Waals surface area contributed by atoms with Gasteiger partial charge in [-0.3, -0.25) is 14.9 Å². The number of aliphatic carboxylic acids is 1. The van der Waals surface area contributed by atoms with Gasteiger partial charge in [-0.25, -0.2) is 4.79 Å². The summed E-state index contributed by atoms with van der Waals surface area (Å²) in [5.41, 5.74) is 0. The number of carbonyl (C=O) groups is 3. The minimum absolute atomic E-state index is 0.182. The van der Waals surface area contributed by atoms with Crippen molar-refractivity contribution in [1.29, 1.82) is 0 Å². The maximum absolute atomic E-state index is 11.9. The molecular weight excluding hydrogens is 274 g/mol.